The van der Waals surface area contributed by atoms with Crippen LogP contribution in [0, 0.1) is 19.7 Å². The van der Waals surface area contributed by atoms with Crippen LogP contribution in [-0.2, 0) is 11.2 Å². The van der Waals surface area contributed by atoms with Gasteiger partial charge in [-0.15, -0.1) is 11.3 Å². The van der Waals surface area contributed by atoms with Gasteiger partial charge in [-0.2, -0.15) is 5.10 Å². The largest absolute Gasteiger partial charge is 0.482 e. The van der Waals surface area contributed by atoms with Crippen molar-refractivity contribution in [2.45, 2.75) is 20.3 Å². The molecular formula is C15H15ClFN3O2S. The molecule has 0 aliphatic carbocycles. The molecule has 0 aliphatic rings. The molecule has 0 saturated heterocycles. The third-order valence-electron chi connectivity index (χ3n) is 2.81. The zero-order valence-electron chi connectivity index (χ0n) is 12.6. The minimum atomic E-state index is -0.468. The fourth-order valence-corrected chi connectivity index (χ4v) is 2.89. The molecule has 1 aromatic carbocycles. The number of ether oxygens (including phenoxy) is 1. The van der Waals surface area contributed by atoms with Crippen LogP contribution in [0.4, 0.5) is 4.39 Å². The van der Waals surface area contributed by atoms with Crippen LogP contribution in [0.5, 0.6) is 5.75 Å². The molecule has 2 rings (SSSR count). The first-order chi connectivity index (χ1) is 11.0. The van der Waals surface area contributed by atoms with Gasteiger partial charge in [0.25, 0.3) is 5.91 Å². The summed E-state index contributed by atoms with van der Waals surface area (Å²) in [4.78, 5) is 17.0. The number of carbonyl (C=O) groups is 1. The molecule has 2 aromatic rings. The molecule has 8 heteroatoms. The van der Waals surface area contributed by atoms with Crippen molar-refractivity contribution < 1.29 is 13.9 Å². The molecule has 1 heterocycles. The van der Waals surface area contributed by atoms with Gasteiger partial charge in [0, 0.05) is 17.5 Å². The lowest BCUT2D eigenvalue weighted by Gasteiger charge is -2.06. The normalized spacial score (nSPS) is 11.0. The Morgan fingerprint density at radius 3 is 2.96 bits per heavy atom. The minimum Gasteiger partial charge on any atom is -0.482 e. The zero-order valence-corrected chi connectivity index (χ0v) is 14.2. The van der Waals surface area contributed by atoms with E-state index >= 15 is 0 Å². The Kier molecular flexibility index (Phi) is 6.06. The maximum Gasteiger partial charge on any atom is 0.277 e. The van der Waals surface area contributed by atoms with Crippen molar-refractivity contribution in [2.75, 3.05) is 6.61 Å². The summed E-state index contributed by atoms with van der Waals surface area (Å²) in [6.45, 7) is 3.62. The van der Waals surface area contributed by atoms with Gasteiger partial charge >= 0.3 is 0 Å². The summed E-state index contributed by atoms with van der Waals surface area (Å²) in [5.41, 5.74) is 3.32. The van der Waals surface area contributed by atoms with Crippen molar-refractivity contribution in [3.63, 3.8) is 0 Å². The number of aryl methyl sites for hydroxylation is 2. The lowest BCUT2D eigenvalue weighted by Crippen LogP contribution is -2.24. The summed E-state index contributed by atoms with van der Waals surface area (Å²) >= 11 is 7.39. The molecule has 1 N–H and O–H groups in total. The Balaban J connectivity index is 1.76. The van der Waals surface area contributed by atoms with Crippen LogP contribution in [0.2, 0.25) is 5.02 Å². The van der Waals surface area contributed by atoms with Crippen LogP contribution < -0.4 is 10.2 Å². The smallest absolute Gasteiger partial charge is 0.277 e. The van der Waals surface area contributed by atoms with E-state index < -0.39 is 11.7 Å². The second-order valence-corrected chi connectivity index (χ2v) is 6.35. The van der Waals surface area contributed by atoms with Crippen LogP contribution >= 0.6 is 22.9 Å². The fourth-order valence-electron chi connectivity index (χ4n) is 1.78. The first-order valence-corrected chi connectivity index (χ1v) is 7.96. The number of hydrogen-bond donors (Lipinski definition) is 1. The van der Waals surface area contributed by atoms with E-state index in [0.29, 0.717) is 6.42 Å². The van der Waals surface area contributed by atoms with E-state index in [1.54, 1.807) is 17.6 Å². The number of hydrazone groups is 1. The Hall–Kier alpha value is -1.99. The zero-order chi connectivity index (χ0) is 16.8. The van der Waals surface area contributed by atoms with Crippen LogP contribution in [0.25, 0.3) is 0 Å². The molecule has 0 aliphatic heterocycles. The molecule has 23 heavy (non-hydrogen) atoms. The van der Waals surface area contributed by atoms with E-state index in [1.807, 2.05) is 13.8 Å². The Morgan fingerprint density at radius 1 is 1.52 bits per heavy atom. The van der Waals surface area contributed by atoms with Crippen LogP contribution in [0.1, 0.15) is 15.6 Å². The lowest BCUT2D eigenvalue weighted by molar-refractivity contribution is -0.123. The second-order valence-electron chi connectivity index (χ2n) is 4.66. The van der Waals surface area contributed by atoms with Crippen molar-refractivity contribution in [2.24, 2.45) is 5.10 Å². The van der Waals surface area contributed by atoms with E-state index in [-0.39, 0.29) is 17.4 Å². The van der Waals surface area contributed by atoms with Crippen LogP contribution in [-0.4, -0.2) is 23.7 Å². The predicted molar refractivity (Wildman–Crippen MR) is 88.8 cm³/mol. The minimum absolute atomic E-state index is 0.109. The number of benzene rings is 1. The van der Waals surface area contributed by atoms with Gasteiger partial charge in [0.05, 0.1) is 15.7 Å². The molecule has 0 unspecified atom stereocenters. The monoisotopic (exact) mass is 355 g/mol. The van der Waals surface area contributed by atoms with Gasteiger partial charge in [0.15, 0.2) is 6.61 Å². The number of rotatable bonds is 6. The van der Waals surface area contributed by atoms with Gasteiger partial charge in [-0.05, 0) is 32.0 Å². The first-order valence-electron chi connectivity index (χ1n) is 6.77. The van der Waals surface area contributed by atoms with Crippen molar-refractivity contribution >= 4 is 35.1 Å². The fraction of sp³-hybridized carbons (Fsp3) is 0.267. The molecule has 0 saturated carbocycles. The van der Waals surface area contributed by atoms with E-state index in [4.69, 9.17) is 16.3 Å². The number of aromatic nitrogens is 1. The lowest BCUT2D eigenvalue weighted by atomic mass is 10.3. The number of amides is 1. The van der Waals surface area contributed by atoms with E-state index in [0.717, 1.165) is 21.6 Å². The molecule has 0 atom stereocenters. The van der Waals surface area contributed by atoms with Crippen molar-refractivity contribution in [1.29, 1.82) is 0 Å². The first kappa shape index (κ1) is 17.4. The van der Waals surface area contributed by atoms with Crippen molar-refractivity contribution in [3.05, 3.63) is 44.6 Å². The summed E-state index contributed by atoms with van der Waals surface area (Å²) < 4.78 is 18.1. The summed E-state index contributed by atoms with van der Waals surface area (Å²) in [7, 11) is 0. The van der Waals surface area contributed by atoms with Gasteiger partial charge in [-0.1, -0.05) is 11.6 Å². The SMILES string of the molecule is Cc1nc(C)c(CC=NNC(=O)COc2ccc(F)cc2Cl)s1. The van der Waals surface area contributed by atoms with E-state index in [1.165, 1.54) is 12.1 Å². The topological polar surface area (TPSA) is 63.6 Å². The van der Waals surface area contributed by atoms with Gasteiger partial charge in [-0.25, -0.2) is 14.8 Å². The maximum atomic E-state index is 12.9. The molecule has 0 bridgehead atoms. The quantitative estimate of drug-likeness (QED) is 0.639. The molecule has 122 valence electrons. The van der Waals surface area contributed by atoms with Crippen molar-refractivity contribution in [1.82, 2.24) is 10.4 Å². The highest BCUT2D eigenvalue weighted by atomic mass is 35.5. The predicted octanol–water partition coefficient (Wildman–Crippen LogP) is 3.28. The highest BCUT2D eigenvalue weighted by Gasteiger charge is 2.06. The number of carbonyl (C=O) groups excluding carboxylic acids is 1. The van der Waals surface area contributed by atoms with Crippen LogP contribution in [0.3, 0.4) is 0 Å². The van der Waals surface area contributed by atoms with Gasteiger partial charge in [0.2, 0.25) is 0 Å². The average molecular weight is 356 g/mol. The average Bonchev–Trinajstić information content (AvgIpc) is 2.80. The summed E-state index contributed by atoms with van der Waals surface area (Å²) in [5.74, 6) is -0.660. The van der Waals surface area contributed by atoms with Crippen LogP contribution in [0.15, 0.2) is 23.3 Å². The highest BCUT2D eigenvalue weighted by molar-refractivity contribution is 7.11. The molecule has 1 amide bonds. The standard InChI is InChI=1S/C15H15ClFN3O2S/c1-9-14(23-10(2)19-9)5-6-18-20-15(21)8-22-13-4-3-11(17)7-12(13)16/h3-4,6-7H,5,8H2,1-2H3,(H,20,21). The van der Waals surface area contributed by atoms with E-state index in [2.05, 4.69) is 15.5 Å². The molecule has 0 radical (unpaired) electrons. The van der Waals surface area contributed by atoms with Crippen molar-refractivity contribution in [3.8, 4) is 5.75 Å². The van der Waals surface area contributed by atoms with Gasteiger partial charge in [-0.3, -0.25) is 4.79 Å². The van der Waals surface area contributed by atoms with E-state index in [9.17, 15) is 9.18 Å². The number of halogens is 2. The summed E-state index contributed by atoms with van der Waals surface area (Å²) in [5, 5.41) is 4.96. The third-order valence-corrected chi connectivity index (χ3v) is 4.20. The molecule has 5 nitrogen and oxygen atoms in total. The molecular weight excluding hydrogens is 341 g/mol. The van der Waals surface area contributed by atoms with Gasteiger partial charge in [0.1, 0.15) is 11.6 Å². The maximum absolute atomic E-state index is 12.9. The summed E-state index contributed by atoms with van der Waals surface area (Å²) in [6.07, 6.45) is 2.20. The molecule has 0 fully saturated rings. The Labute approximate surface area is 142 Å². The highest BCUT2D eigenvalue weighted by Crippen LogP contribution is 2.24. The number of hydrogen-bond acceptors (Lipinski definition) is 5. The second kappa shape index (κ2) is 8.03. The number of thiazole rings is 1. The Morgan fingerprint density at radius 2 is 2.30 bits per heavy atom. The summed E-state index contributed by atoms with van der Waals surface area (Å²) in [6, 6.07) is 3.69. The number of nitrogens with zero attached hydrogens (tertiary/aromatic N) is 2. The molecule has 1 aromatic heterocycles. The number of nitrogens with one attached hydrogen (secondary N) is 1. The third kappa shape index (κ3) is 5.30. The molecule has 0 spiro atoms. The van der Waals surface area contributed by atoms with Gasteiger partial charge < -0.3 is 4.74 Å². The Bertz CT molecular complexity index is 734.